The highest BCUT2D eigenvalue weighted by molar-refractivity contribution is 7.92. The zero-order valence-electron chi connectivity index (χ0n) is 16.1. The minimum Gasteiger partial charge on any atom is -0.508 e. The van der Waals surface area contributed by atoms with E-state index in [1.54, 1.807) is 31.3 Å². The van der Waals surface area contributed by atoms with Crippen molar-refractivity contribution in [1.29, 1.82) is 0 Å². The first-order valence-corrected chi connectivity index (χ1v) is 10.5. The molecule has 0 aliphatic carbocycles. The molecular formula is C19H16N6O5S. The molecule has 0 radical (unpaired) electrons. The minimum absolute atomic E-state index is 0.00394. The van der Waals surface area contributed by atoms with E-state index in [-0.39, 0.29) is 29.2 Å². The monoisotopic (exact) mass is 440 g/mol. The number of phenolic OH excluding ortho intramolecular Hbond substituents is 1. The zero-order chi connectivity index (χ0) is 21.6. The highest BCUT2D eigenvalue weighted by Crippen LogP contribution is 2.44. The summed E-state index contributed by atoms with van der Waals surface area (Å²) < 4.78 is 40.4. The Labute approximate surface area is 176 Å². The fraction of sp³-hybridized carbons (Fsp3) is 0.105. The number of fused-ring (bicyclic) bond motifs is 2. The molecule has 1 aliphatic heterocycles. The third kappa shape index (κ3) is 3.53. The highest BCUT2D eigenvalue weighted by Gasteiger charge is 2.24. The summed E-state index contributed by atoms with van der Waals surface area (Å²) in [5, 5.41) is 12.8. The number of nitrogens with one attached hydrogen (secondary N) is 2. The number of aromatic hydroxyl groups is 1. The number of sulfonamides is 1. The van der Waals surface area contributed by atoms with Crippen LogP contribution in [0.15, 0.2) is 53.9 Å². The maximum atomic E-state index is 12.8. The van der Waals surface area contributed by atoms with E-state index in [9.17, 15) is 13.5 Å². The summed E-state index contributed by atoms with van der Waals surface area (Å²) >= 11 is 0. The van der Waals surface area contributed by atoms with Crippen molar-refractivity contribution in [1.82, 2.24) is 19.5 Å². The summed E-state index contributed by atoms with van der Waals surface area (Å²) in [6, 6.07) is 9.87. The van der Waals surface area contributed by atoms with E-state index >= 15 is 0 Å². The van der Waals surface area contributed by atoms with Gasteiger partial charge in [0.2, 0.25) is 6.79 Å². The average molecular weight is 440 g/mol. The van der Waals surface area contributed by atoms with E-state index < -0.39 is 10.0 Å². The number of benzene rings is 2. The number of hydrogen-bond acceptors (Lipinski definition) is 9. The van der Waals surface area contributed by atoms with Crippen LogP contribution < -0.4 is 19.5 Å². The number of imidazole rings is 1. The van der Waals surface area contributed by atoms with Gasteiger partial charge in [-0.25, -0.2) is 15.0 Å². The molecule has 158 valence electrons. The largest absolute Gasteiger partial charge is 0.508 e. The number of hydrogen-bond donors (Lipinski definition) is 3. The second-order valence-electron chi connectivity index (χ2n) is 6.74. The molecule has 0 atom stereocenters. The quantitative estimate of drug-likeness (QED) is 0.426. The number of aromatic nitrogens is 4. The summed E-state index contributed by atoms with van der Waals surface area (Å²) in [6.07, 6.45) is 2.75. The van der Waals surface area contributed by atoms with Crippen LogP contribution >= 0.6 is 0 Å². The van der Waals surface area contributed by atoms with Crippen LogP contribution in [-0.2, 0) is 17.1 Å². The molecule has 0 unspecified atom stereocenters. The Morgan fingerprint density at radius 1 is 1.10 bits per heavy atom. The molecule has 11 nitrogen and oxygen atoms in total. The Balaban J connectivity index is 1.61. The van der Waals surface area contributed by atoms with Gasteiger partial charge in [-0.1, -0.05) is 12.1 Å². The van der Waals surface area contributed by atoms with Gasteiger partial charge < -0.3 is 24.5 Å². The summed E-state index contributed by atoms with van der Waals surface area (Å²) in [6.45, 7) is -0.00394. The maximum absolute atomic E-state index is 12.8. The van der Waals surface area contributed by atoms with E-state index in [0.29, 0.717) is 28.2 Å². The van der Waals surface area contributed by atoms with Gasteiger partial charge in [0.05, 0.1) is 23.0 Å². The van der Waals surface area contributed by atoms with Crippen LogP contribution in [0.5, 0.6) is 17.2 Å². The van der Waals surface area contributed by atoms with Crippen LogP contribution in [-0.4, -0.2) is 39.8 Å². The molecule has 0 bridgehead atoms. The lowest BCUT2D eigenvalue weighted by Gasteiger charge is -2.14. The molecule has 3 N–H and O–H groups in total. The van der Waals surface area contributed by atoms with Crippen LogP contribution in [0.4, 0.5) is 17.3 Å². The zero-order valence-corrected chi connectivity index (χ0v) is 16.9. The smallest absolute Gasteiger partial charge is 0.282 e. The van der Waals surface area contributed by atoms with Gasteiger partial charge in [-0.3, -0.25) is 4.72 Å². The fourth-order valence-corrected chi connectivity index (χ4v) is 4.07. The lowest BCUT2D eigenvalue weighted by molar-refractivity contribution is 0.174. The lowest BCUT2D eigenvalue weighted by Crippen LogP contribution is -2.16. The Morgan fingerprint density at radius 3 is 2.55 bits per heavy atom. The molecule has 4 aromatic rings. The maximum Gasteiger partial charge on any atom is 0.282 e. The molecule has 2 aromatic heterocycles. The van der Waals surface area contributed by atoms with Gasteiger partial charge in [0.15, 0.2) is 28.2 Å². The fourth-order valence-electron chi connectivity index (χ4n) is 3.08. The van der Waals surface area contributed by atoms with Crippen molar-refractivity contribution in [2.75, 3.05) is 16.8 Å². The third-order valence-corrected chi connectivity index (χ3v) is 5.69. The minimum atomic E-state index is -4.03. The average Bonchev–Trinajstić information content (AvgIpc) is 3.37. The summed E-state index contributed by atoms with van der Waals surface area (Å²) in [4.78, 5) is 12.8. The number of nitrogens with zero attached hydrogens (tertiary/aromatic N) is 4. The van der Waals surface area contributed by atoms with Crippen LogP contribution in [0.3, 0.4) is 0 Å². The molecule has 1 aliphatic rings. The van der Waals surface area contributed by atoms with Crippen LogP contribution in [0.1, 0.15) is 0 Å². The number of aryl methyl sites for hydroxylation is 1. The van der Waals surface area contributed by atoms with Gasteiger partial charge >= 0.3 is 0 Å². The molecule has 0 spiro atoms. The molecule has 12 heteroatoms. The van der Waals surface area contributed by atoms with Crippen molar-refractivity contribution in [2.24, 2.45) is 7.05 Å². The SMILES string of the molecule is Cn1cnc(S(=O)(=O)Nc2nc3ccccc3nc2Nc2cc(O)cc3c2OCO3)c1. The summed E-state index contributed by atoms with van der Waals surface area (Å²) in [7, 11) is -2.36. The summed E-state index contributed by atoms with van der Waals surface area (Å²) in [5.74, 6) is 0.733. The second-order valence-corrected chi connectivity index (χ2v) is 8.37. The molecule has 31 heavy (non-hydrogen) atoms. The molecule has 5 rings (SSSR count). The van der Waals surface area contributed by atoms with E-state index in [0.717, 1.165) is 0 Å². The van der Waals surface area contributed by atoms with Crippen molar-refractivity contribution in [3.63, 3.8) is 0 Å². The number of anilines is 3. The number of para-hydroxylation sites is 2. The van der Waals surface area contributed by atoms with E-state index in [2.05, 4.69) is 25.0 Å². The number of ether oxygens (including phenoxy) is 2. The third-order valence-electron chi connectivity index (χ3n) is 4.47. The van der Waals surface area contributed by atoms with Crippen molar-refractivity contribution in [2.45, 2.75) is 5.03 Å². The van der Waals surface area contributed by atoms with Crippen LogP contribution in [0.2, 0.25) is 0 Å². The van der Waals surface area contributed by atoms with E-state index in [1.807, 2.05) is 0 Å². The van der Waals surface area contributed by atoms with Gasteiger partial charge in [-0.05, 0) is 12.1 Å². The second kappa shape index (κ2) is 7.02. The van der Waals surface area contributed by atoms with Gasteiger partial charge in [0.25, 0.3) is 10.0 Å². The topological polar surface area (TPSA) is 140 Å². The van der Waals surface area contributed by atoms with Gasteiger partial charge in [0.1, 0.15) is 5.75 Å². The number of rotatable bonds is 5. The standard InChI is InChI=1S/C19H16N6O5S/c1-25-8-16(20-9-25)31(27,28)24-19-18(21-12-4-2-3-5-13(12)22-19)23-14-6-11(26)7-15-17(14)30-10-29-15/h2-9,26H,10H2,1H3,(H,21,23)(H,22,24). The Hall–Kier alpha value is -4.06. The highest BCUT2D eigenvalue weighted by atomic mass is 32.2. The van der Waals surface area contributed by atoms with Crippen molar-refractivity contribution >= 4 is 38.4 Å². The molecule has 0 saturated carbocycles. The Morgan fingerprint density at radius 2 is 1.84 bits per heavy atom. The number of phenols is 1. The van der Waals surface area contributed by atoms with Crippen molar-refractivity contribution in [3.05, 3.63) is 48.9 Å². The van der Waals surface area contributed by atoms with Gasteiger partial charge in [0, 0.05) is 25.4 Å². The first kappa shape index (κ1) is 18.9. The lowest BCUT2D eigenvalue weighted by atomic mass is 10.2. The van der Waals surface area contributed by atoms with E-state index in [4.69, 9.17) is 9.47 Å². The van der Waals surface area contributed by atoms with Gasteiger partial charge in [-0.15, -0.1) is 0 Å². The summed E-state index contributed by atoms with van der Waals surface area (Å²) in [5.41, 5.74) is 1.38. The predicted molar refractivity (Wildman–Crippen MR) is 111 cm³/mol. The van der Waals surface area contributed by atoms with E-state index in [1.165, 1.54) is 29.2 Å². The molecular weight excluding hydrogens is 424 g/mol. The first-order valence-electron chi connectivity index (χ1n) is 9.06. The van der Waals surface area contributed by atoms with Crippen LogP contribution in [0.25, 0.3) is 11.0 Å². The molecule has 3 heterocycles. The normalized spacial score (nSPS) is 12.8. The van der Waals surface area contributed by atoms with Crippen molar-refractivity contribution in [3.8, 4) is 17.2 Å². The molecule has 0 fully saturated rings. The predicted octanol–water partition coefficient (Wildman–Crippen LogP) is 2.34. The Bertz CT molecular complexity index is 1420. The first-order chi connectivity index (χ1) is 14.9. The Kier molecular flexibility index (Phi) is 4.29. The molecule has 2 aromatic carbocycles. The van der Waals surface area contributed by atoms with Crippen molar-refractivity contribution < 1.29 is 23.0 Å². The molecule has 0 saturated heterocycles. The molecule has 0 amide bonds. The van der Waals surface area contributed by atoms with Gasteiger partial charge in [-0.2, -0.15) is 8.42 Å². The van der Waals surface area contributed by atoms with Crippen LogP contribution in [0, 0.1) is 0 Å².